The lowest BCUT2D eigenvalue weighted by molar-refractivity contribution is -0.130. The molecule has 3 nitrogen and oxygen atoms in total. The van der Waals surface area contributed by atoms with Crippen molar-refractivity contribution < 1.29 is 4.79 Å². The first-order valence-electron chi connectivity index (χ1n) is 5.83. The highest BCUT2D eigenvalue weighted by Gasteiger charge is 2.33. The van der Waals surface area contributed by atoms with Crippen LogP contribution in [0.15, 0.2) is 0 Å². The van der Waals surface area contributed by atoms with Crippen LogP contribution in [0.1, 0.15) is 32.6 Å². The Morgan fingerprint density at radius 1 is 1.43 bits per heavy atom. The Bertz CT molecular complexity index is 213. The molecule has 0 radical (unpaired) electrons. The van der Waals surface area contributed by atoms with Crippen molar-refractivity contribution >= 4 is 5.91 Å². The van der Waals surface area contributed by atoms with E-state index in [0.29, 0.717) is 5.91 Å². The first-order valence-corrected chi connectivity index (χ1v) is 5.83. The minimum Gasteiger partial charge on any atom is -0.341 e. The highest BCUT2D eigenvalue weighted by molar-refractivity contribution is 5.83. The molecule has 1 aliphatic heterocycles. The third-order valence-corrected chi connectivity index (χ3v) is 3.45. The van der Waals surface area contributed by atoms with Gasteiger partial charge in [-0.25, -0.2) is 0 Å². The van der Waals surface area contributed by atoms with Crippen molar-refractivity contribution in [1.82, 2.24) is 10.2 Å². The van der Waals surface area contributed by atoms with Crippen LogP contribution in [0.5, 0.6) is 0 Å². The van der Waals surface area contributed by atoms with Crippen LogP contribution in [0.25, 0.3) is 0 Å². The molecule has 0 bridgehead atoms. The van der Waals surface area contributed by atoms with Crippen molar-refractivity contribution in [1.29, 1.82) is 0 Å². The second-order valence-corrected chi connectivity index (χ2v) is 4.48. The minimum absolute atomic E-state index is 0.111. The number of nitrogens with one attached hydrogen (secondary N) is 1. The van der Waals surface area contributed by atoms with Gasteiger partial charge in [0.2, 0.25) is 5.91 Å². The van der Waals surface area contributed by atoms with Gasteiger partial charge in [-0.05, 0) is 31.7 Å². The quantitative estimate of drug-likeness (QED) is 0.727. The average Bonchev–Trinajstić information content (AvgIpc) is 2.43. The molecule has 3 heteroatoms. The lowest BCUT2D eigenvalue weighted by atomic mass is 9.85. The summed E-state index contributed by atoms with van der Waals surface area (Å²) in [4.78, 5) is 13.9. The summed E-state index contributed by atoms with van der Waals surface area (Å²) in [5.74, 6) is 1.14. The van der Waals surface area contributed by atoms with Crippen LogP contribution in [0.2, 0.25) is 0 Å². The number of hydrogen-bond donors (Lipinski definition) is 1. The van der Waals surface area contributed by atoms with E-state index < -0.39 is 0 Å². The first kappa shape index (κ1) is 9.97. The van der Waals surface area contributed by atoms with Gasteiger partial charge in [0.25, 0.3) is 0 Å². The molecule has 14 heavy (non-hydrogen) atoms. The van der Waals surface area contributed by atoms with Crippen molar-refractivity contribution in [3.8, 4) is 0 Å². The van der Waals surface area contributed by atoms with E-state index in [9.17, 15) is 4.79 Å². The van der Waals surface area contributed by atoms with Crippen LogP contribution in [0.4, 0.5) is 0 Å². The van der Waals surface area contributed by atoms with Crippen molar-refractivity contribution in [2.75, 3.05) is 19.6 Å². The van der Waals surface area contributed by atoms with Gasteiger partial charge < -0.3 is 10.2 Å². The van der Waals surface area contributed by atoms with Crippen molar-refractivity contribution in [2.24, 2.45) is 5.92 Å². The van der Waals surface area contributed by atoms with E-state index in [1.165, 1.54) is 19.3 Å². The maximum absolute atomic E-state index is 11.8. The predicted octanol–water partition coefficient (Wildman–Crippen LogP) is 0.997. The minimum atomic E-state index is 0.111. The molecule has 0 aromatic heterocycles. The van der Waals surface area contributed by atoms with Gasteiger partial charge in [-0.3, -0.25) is 4.79 Å². The maximum Gasteiger partial charge on any atom is 0.239 e. The first-order chi connectivity index (χ1) is 6.81. The van der Waals surface area contributed by atoms with Crippen LogP contribution >= 0.6 is 0 Å². The third kappa shape index (κ3) is 1.92. The van der Waals surface area contributed by atoms with Gasteiger partial charge in [-0.1, -0.05) is 13.3 Å². The van der Waals surface area contributed by atoms with Crippen LogP contribution in [-0.2, 0) is 4.79 Å². The molecular weight excluding hydrogens is 176 g/mol. The molecule has 2 rings (SSSR count). The molecule has 1 aliphatic carbocycles. The van der Waals surface area contributed by atoms with Gasteiger partial charge in [0.05, 0.1) is 6.04 Å². The maximum atomic E-state index is 11.8. The zero-order chi connectivity index (χ0) is 9.97. The summed E-state index contributed by atoms with van der Waals surface area (Å²) in [6.45, 7) is 4.93. The number of amides is 1. The van der Waals surface area contributed by atoms with E-state index >= 15 is 0 Å². The number of hydrogen-bond acceptors (Lipinski definition) is 2. The van der Waals surface area contributed by atoms with E-state index in [1.54, 1.807) is 0 Å². The summed E-state index contributed by atoms with van der Waals surface area (Å²) >= 11 is 0. The molecule has 1 heterocycles. The standard InChI is InChI=1S/C11H20N2O/c1-2-12-10-6-7-13(11(10)14)8-9-4-3-5-9/h9-10,12H,2-8H2,1H3. The van der Waals surface area contributed by atoms with E-state index in [0.717, 1.165) is 32.0 Å². The number of carbonyl (C=O) groups is 1. The van der Waals surface area contributed by atoms with E-state index in [2.05, 4.69) is 17.1 Å². The third-order valence-electron chi connectivity index (χ3n) is 3.45. The number of likely N-dealkylation sites (N-methyl/N-ethyl adjacent to an activating group) is 1. The normalized spacial score (nSPS) is 28.2. The number of likely N-dealkylation sites (tertiary alicyclic amines) is 1. The topological polar surface area (TPSA) is 32.3 Å². The molecule has 2 aliphatic rings. The van der Waals surface area contributed by atoms with Gasteiger partial charge >= 0.3 is 0 Å². The lowest BCUT2D eigenvalue weighted by Gasteiger charge is -2.30. The highest BCUT2D eigenvalue weighted by atomic mass is 16.2. The Hall–Kier alpha value is -0.570. The smallest absolute Gasteiger partial charge is 0.239 e. The monoisotopic (exact) mass is 196 g/mol. The van der Waals surface area contributed by atoms with Gasteiger partial charge in [-0.2, -0.15) is 0 Å². The Balaban J connectivity index is 1.80. The highest BCUT2D eigenvalue weighted by Crippen LogP contribution is 2.28. The molecule has 1 atom stereocenters. The van der Waals surface area contributed by atoms with E-state index in [4.69, 9.17) is 0 Å². The average molecular weight is 196 g/mol. The second kappa shape index (κ2) is 4.30. The van der Waals surface area contributed by atoms with Crippen LogP contribution in [0, 0.1) is 5.92 Å². The zero-order valence-corrected chi connectivity index (χ0v) is 8.96. The van der Waals surface area contributed by atoms with Crippen LogP contribution in [-0.4, -0.2) is 36.5 Å². The fourth-order valence-electron chi connectivity index (χ4n) is 2.34. The van der Waals surface area contributed by atoms with Gasteiger partial charge in [0.1, 0.15) is 0 Å². The molecule has 1 saturated carbocycles. The summed E-state index contributed by atoms with van der Waals surface area (Å²) < 4.78 is 0. The molecule has 1 N–H and O–H groups in total. The van der Waals surface area contributed by atoms with E-state index in [1.807, 2.05) is 0 Å². The summed E-state index contributed by atoms with van der Waals surface area (Å²) in [6, 6.07) is 0.111. The number of carbonyl (C=O) groups excluding carboxylic acids is 1. The van der Waals surface area contributed by atoms with Gasteiger partial charge in [-0.15, -0.1) is 0 Å². The molecule has 80 valence electrons. The summed E-state index contributed by atoms with van der Waals surface area (Å²) in [6.07, 6.45) is 5.02. The predicted molar refractivity (Wildman–Crippen MR) is 56.0 cm³/mol. The van der Waals surface area contributed by atoms with Gasteiger partial charge in [0, 0.05) is 13.1 Å². The molecule has 2 fully saturated rings. The van der Waals surface area contributed by atoms with Crippen molar-refractivity contribution in [3.63, 3.8) is 0 Å². The Morgan fingerprint density at radius 2 is 2.21 bits per heavy atom. The van der Waals surface area contributed by atoms with Crippen LogP contribution in [0.3, 0.4) is 0 Å². The molecule has 0 spiro atoms. The van der Waals surface area contributed by atoms with Gasteiger partial charge in [0.15, 0.2) is 0 Å². The number of rotatable bonds is 4. The lowest BCUT2D eigenvalue weighted by Crippen LogP contribution is -2.40. The van der Waals surface area contributed by atoms with Crippen molar-refractivity contribution in [3.05, 3.63) is 0 Å². The Labute approximate surface area is 85.8 Å². The molecule has 0 aromatic carbocycles. The fraction of sp³-hybridized carbons (Fsp3) is 0.909. The Morgan fingerprint density at radius 3 is 2.79 bits per heavy atom. The fourth-order valence-corrected chi connectivity index (χ4v) is 2.34. The zero-order valence-electron chi connectivity index (χ0n) is 8.96. The largest absolute Gasteiger partial charge is 0.341 e. The molecule has 0 aromatic rings. The summed E-state index contributed by atoms with van der Waals surface area (Å²) in [7, 11) is 0. The molecule has 1 saturated heterocycles. The number of nitrogens with zero attached hydrogens (tertiary/aromatic N) is 1. The second-order valence-electron chi connectivity index (χ2n) is 4.48. The summed E-state index contributed by atoms with van der Waals surface area (Å²) in [5.41, 5.74) is 0. The van der Waals surface area contributed by atoms with Crippen LogP contribution < -0.4 is 5.32 Å². The Kier molecular flexibility index (Phi) is 3.06. The molecular formula is C11H20N2O. The van der Waals surface area contributed by atoms with E-state index in [-0.39, 0.29) is 6.04 Å². The SMILES string of the molecule is CCNC1CCN(CC2CCC2)C1=O. The molecule has 1 unspecified atom stereocenters. The summed E-state index contributed by atoms with van der Waals surface area (Å²) in [5, 5.41) is 3.24. The molecule has 1 amide bonds. The van der Waals surface area contributed by atoms with Crippen molar-refractivity contribution in [2.45, 2.75) is 38.6 Å².